The van der Waals surface area contributed by atoms with Crippen LogP contribution in [0, 0.1) is 16.0 Å². The fourth-order valence-corrected chi connectivity index (χ4v) is 1.47. The van der Waals surface area contributed by atoms with E-state index in [1.54, 1.807) is 18.2 Å². The standard InChI is InChI=1S/C11H13N3O2/c1-8(9-6-7-9)12-13-10-4-2-3-5-11(10)14(15)16/h2-5,9,13H,6-7H2,1H3. The molecule has 0 amide bonds. The second-order valence-corrected chi connectivity index (χ2v) is 3.91. The van der Waals surface area contributed by atoms with Crippen molar-refractivity contribution in [1.29, 1.82) is 0 Å². The van der Waals surface area contributed by atoms with E-state index in [1.807, 2.05) is 6.92 Å². The number of rotatable bonds is 4. The smallest absolute Gasteiger partial charge is 0.272 e. The number of nitro benzene ring substituents is 1. The first-order valence-electron chi connectivity index (χ1n) is 5.22. The van der Waals surface area contributed by atoms with Crippen molar-refractivity contribution >= 4 is 17.1 Å². The predicted molar refractivity (Wildman–Crippen MR) is 62.6 cm³/mol. The number of anilines is 1. The van der Waals surface area contributed by atoms with Gasteiger partial charge in [-0.2, -0.15) is 5.10 Å². The molecule has 0 unspecified atom stereocenters. The van der Waals surface area contributed by atoms with Crippen molar-refractivity contribution in [3.8, 4) is 0 Å². The molecule has 1 aromatic carbocycles. The van der Waals surface area contributed by atoms with Crippen LogP contribution in [-0.2, 0) is 0 Å². The topological polar surface area (TPSA) is 67.5 Å². The lowest BCUT2D eigenvalue weighted by Crippen LogP contribution is -2.01. The van der Waals surface area contributed by atoms with Crippen LogP contribution in [0.25, 0.3) is 0 Å². The van der Waals surface area contributed by atoms with Crippen LogP contribution >= 0.6 is 0 Å². The molecule has 84 valence electrons. The average molecular weight is 219 g/mol. The third kappa shape index (κ3) is 2.36. The number of hydrogen-bond donors (Lipinski definition) is 1. The van der Waals surface area contributed by atoms with Crippen LogP contribution in [0.2, 0.25) is 0 Å². The summed E-state index contributed by atoms with van der Waals surface area (Å²) in [5.41, 5.74) is 4.26. The van der Waals surface area contributed by atoms with E-state index in [0.29, 0.717) is 11.6 Å². The predicted octanol–water partition coefficient (Wildman–Crippen LogP) is 2.79. The van der Waals surface area contributed by atoms with Crippen LogP contribution in [0.3, 0.4) is 0 Å². The van der Waals surface area contributed by atoms with E-state index in [9.17, 15) is 10.1 Å². The first kappa shape index (κ1) is 10.6. The Balaban J connectivity index is 2.14. The molecule has 0 aliphatic heterocycles. The molecule has 5 heteroatoms. The molecule has 2 rings (SSSR count). The highest BCUT2D eigenvalue weighted by Gasteiger charge is 2.24. The Bertz CT molecular complexity index is 439. The number of nitrogens with one attached hydrogen (secondary N) is 1. The summed E-state index contributed by atoms with van der Waals surface area (Å²) in [5.74, 6) is 0.565. The van der Waals surface area contributed by atoms with E-state index in [-0.39, 0.29) is 5.69 Å². The molecule has 0 spiro atoms. The second kappa shape index (κ2) is 4.30. The highest BCUT2D eigenvalue weighted by Crippen LogP contribution is 2.31. The third-order valence-corrected chi connectivity index (χ3v) is 2.62. The second-order valence-electron chi connectivity index (χ2n) is 3.91. The van der Waals surface area contributed by atoms with Gasteiger partial charge in [-0.05, 0) is 31.7 Å². The van der Waals surface area contributed by atoms with Crippen molar-refractivity contribution in [2.24, 2.45) is 11.0 Å². The Morgan fingerprint density at radius 3 is 2.81 bits per heavy atom. The molecule has 0 saturated heterocycles. The molecule has 1 aliphatic carbocycles. The summed E-state index contributed by atoms with van der Waals surface area (Å²) >= 11 is 0. The summed E-state index contributed by atoms with van der Waals surface area (Å²) in [7, 11) is 0. The highest BCUT2D eigenvalue weighted by molar-refractivity contribution is 5.87. The van der Waals surface area contributed by atoms with E-state index >= 15 is 0 Å². The van der Waals surface area contributed by atoms with Gasteiger partial charge in [0.2, 0.25) is 0 Å². The number of hydrogen-bond acceptors (Lipinski definition) is 4. The molecule has 0 bridgehead atoms. The fourth-order valence-electron chi connectivity index (χ4n) is 1.47. The maximum absolute atomic E-state index is 10.7. The lowest BCUT2D eigenvalue weighted by atomic mass is 10.3. The van der Waals surface area contributed by atoms with Crippen LogP contribution < -0.4 is 5.43 Å². The van der Waals surface area contributed by atoms with Crippen LogP contribution in [0.4, 0.5) is 11.4 Å². The summed E-state index contributed by atoms with van der Waals surface area (Å²) in [6, 6.07) is 6.50. The van der Waals surface area contributed by atoms with E-state index < -0.39 is 4.92 Å². The SMILES string of the molecule is CC(=NNc1ccccc1[N+](=O)[O-])C1CC1. The van der Waals surface area contributed by atoms with Gasteiger partial charge < -0.3 is 0 Å². The lowest BCUT2D eigenvalue weighted by molar-refractivity contribution is -0.384. The van der Waals surface area contributed by atoms with E-state index in [4.69, 9.17) is 0 Å². The molecular weight excluding hydrogens is 206 g/mol. The molecule has 1 saturated carbocycles. The molecular formula is C11H13N3O2. The Kier molecular flexibility index (Phi) is 2.85. The third-order valence-electron chi connectivity index (χ3n) is 2.62. The van der Waals surface area contributed by atoms with Crippen LogP contribution in [0.5, 0.6) is 0 Å². The molecule has 1 aliphatic rings. The van der Waals surface area contributed by atoms with Crippen molar-refractivity contribution in [2.75, 3.05) is 5.43 Å². The van der Waals surface area contributed by atoms with Gasteiger partial charge in [0.15, 0.2) is 0 Å². The van der Waals surface area contributed by atoms with Gasteiger partial charge in [0.05, 0.1) is 4.92 Å². The molecule has 1 aromatic rings. The van der Waals surface area contributed by atoms with E-state index in [1.165, 1.54) is 18.9 Å². The number of benzene rings is 1. The van der Waals surface area contributed by atoms with Gasteiger partial charge in [0.25, 0.3) is 5.69 Å². The number of nitrogens with zero attached hydrogens (tertiary/aromatic N) is 2. The van der Waals surface area contributed by atoms with Gasteiger partial charge in [-0.3, -0.25) is 15.5 Å². The normalized spacial score (nSPS) is 15.9. The summed E-state index contributed by atoms with van der Waals surface area (Å²) in [5, 5.41) is 14.9. The Hall–Kier alpha value is -1.91. The van der Waals surface area contributed by atoms with E-state index in [0.717, 1.165) is 5.71 Å². The quantitative estimate of drug-likeness (QED) is 0.481. The first-order valence-corrected chi connectivity index (χ1v) is 5.22. The maximum atomic E-state index is 10.7. The van der Waals surface area contributed by atoms with Gasteiger partial charge in [-0.15, -0.1) is 0 Å². The zero-order valence-electron chi connectivity index (χ0n) is 9.01. The van der Waals surface area contributed by atoms with Crippen molar-refractivity contribution in [3.63, 3.8) is 0 Å². The van der Waals surface area contributed by atoms with Gasteiger partial charge >= 0.3 is 0 Å². The minimum atomic E-state index is -0.412. The Labute approximate surface area is 93.3 Å². The first-order chi connectivity index (χ1) is 7.68. The summed E-state index contributed by atoms with van der Waals surface area (Å²) in [6.07, 6.45) is 2.35. The molecule has 5 nitrogen and oxygen atoms in total. The largest absolute Gasteiger partial charge is 0.294 e. The fraction of sp³-hybridized carbons (Fsp3) is 0.364. The summed E-state index contributed by atoms with van der Waals surface area (Å²) in [4.78, 5) is 10.3. The zero-order valence-corrected chi connectivity index (χ0v) is 9.01. The van der Waals surface area contributed by atoms with Crippen LogP contribution in [0.15, 0.2) is 29.4 Å². The van der Waals surface area contributed by atoms with Gasteiger partial charge in [0, 0.05) is 11.8 Å². The molecule has 1 N–H and O–H groups in total. The van der Waals surface area contributed by atoms with Crippen molar-refractivity contribution in [3.05, 3.63) is 34.4 Å². The minimum Gasteiger partial charge on any atom is -0.272 e. The summed E-state index contributed by atoms with van der Waals surface area (Å²) < 4.78 is 0. The van der Waals surface area contributed by atoms with Crippen LogP contribution in [0.1, 0.15) is 19.8 Å². The molecule has 16 heavy (non-hydrogen) atoms. The lowest BCUT2D eigenvalue weighted by Gasteiger charge is -2.02. The minimum absolute atomic E-state index is 0.0508. The molecule has 0 radical (unpaired) electrons. The van der Waals surface area contributed by atoms with Crippen molar-refractivity contribution < 1.29 is 4.92 Å². The molecule has 0 atom stereocenters. The Morgan fingerprint density at radius 2 is 2.19 bits per heavy atom. The summed E-state index contributed by atoms with van der Waals surface area (Å²) in [6.45, 7) is 1.94. The van der Waals surface area contributed by atoms with Gasteiger partial charge in [-0.25, -0.2) is 0 Å². The number of hydrazone groups is 1. The Morgan fingerprint density at radius 1 is 1.50 bits per heavy atom. The number of nitro groups is 1. The maximum Gasteiger partial charge on any atom is 0.294 e. The van der Waals surface area contributed by atoms with E-state index in [2.05, 4.69) is 10.5 Å². The monoisotopic (exact) mass is 219 g/mol. The van der Waals surface area contributed by atoms with Crippen LogP contribution in [-0.4, -0.2) is 10.6 Å². The van der Waals surface area contributed by atoms with Crippen molar-refractivity contribution in [1.82, 2.24) is 0 Å². The van der Waals surface area contributed by atoms with Gasteiger partial charge in [0.1, 0.15) is 5.69 Å². The molecule has 0 aromatic heterocycles. The average Bonchev–Trinajstić information content (AvgIpc) is 3.10. The molecule has 0 heterocycles. The highest BCUT2D eigenvalue weighted by atomic mass is 16.6. The number of para-hydroxylation sites is 2. The molecule has 1 fully saturated rings. The zero-order chi connectivity index (χ0) is 11.5. The van der Waals surface area contributed by atoms with Gasteiger partial charge in [-0.1, -0.05) is 12.1 Å². The van der Waals surface area contributed by atoms with Crippen molar-refractivity contribution in [2.45, 2.75) is 19.8 Å².